The van der Waals surface area contributed by atoms with Crippen LogP contribution in [0, 0.1) is 5.92 Å². The van der Waals surface area contributed by atoms with Gasteiger partial charge in [0.15, 0.2) is 0 Å². The van der Waals surface area contributed by atoms with Crippen LogP contribution in [0.15, 0.2) is 24.3 Å². The molecule has 2 heterocycles. The van der Waals surface area contributed by atoms with Crippen LogP contribution < -0.4 is 15.4 Å². The topological polar surface area (TPSA) is 87.7 Å². The fourth-order valence-electron chi connectivity index (χ4n) is 3.38. The third-order valence-corrected chi connectivity index (χ3v) is 4.81. The van der Waals surface area contributed by atoms with Crippen molar-refractivity contribution in [1.82, 2.24) is 10.2 Å². The number of anilines is 1. The first-order valence-corrected chi connectivity index (χ1v) is 8.60. The lowest BCUT2D eigenvalue weighted by molar-refractivity contribution is -0.141. The summed E-state index contributed by atoms with van der Waals surface area (Å²) in [5.74, 6) is 0.268. The molecule has 25 heavy (non-hydrogen) atoms. The van der Waals surface area contributed by atoms with E-state index in [1.807, 2.05) is 0 Å². The van der Waals surface area contributed by atoms with Gasteiger partial charge in [0.05, 0.1) is 13.0 Å². The highest BCUT2D eigenvalue weighted by molar-refractivity contribution is 5.98. The van der Waals surface area contributed by atoms with E-state index >= 15 is 0 Å². The summed E-state index contributed by atoms with van der Waals surface area (Å²) in [6.45, 7) is 0.949. The normalized spacial score (nSPS) is 23.1. The van der Waals surface area contributed by atoms with Gasteiger partial charge in [-0.3, -0.25) is 14.4 Å². The Morgan fingerprint density at radius 1 is 1.24 bits per heavy atom. The third-order valence-electron chi connectivity index (χ3n) is 4.81. The summed E-state index contributed by atoms with van der Waals surface area (Å²) in [6, 6.07) is 6.64. The van der Waals surface area contributed by atoms with Gasteiger partial charge in [0.25, 0.3) is 0 Å². The number of likely N-dealkylation sites (tertiary alicyclic amines) is 1. The molecule has 0 unspecified atom stereocenters. The average molecular weight is 345 g/mol. The molecular weight excluding hydrogens is 322 g/mol. The Morgan fingerprint density at radius 2 is 2.00 bits per heavy atom. The molecule has 0 spiro atoms. The number of benzene rings is 1. The molecule has 0 bridgehead atoms. The molecule has 7 nitrogen and oxygen atoms in total. The molecule has 3 rings (SSSR count). The number of nitrogens with zero attached hydrogens (tertiary/aromatic N) is 1. The highest BCUT2D eigenvalue weighted by atomic mass is 16.5. The van der Waals surface area contributed by atoms with E-state index in [0.29, 0.717) is 38.0 Å². The van der Waals surface area contributed by atoms with Gasteiger partial charge in [0.1, 0.15) is 11.8 Å². The first-order valence-electron chi connectivity index (χ1n) is 8.60. The molecule has 1 aromatic rings. The molecule has 0 aromatic heterocycles. The molecule has 7 heteroatoms. The average Bonchev–Trinajstić information content (AvgIpc) is 3.12. The van der Waals surface area contributed by atoms with E-state index in [-0.39, 0.29) is 23.6 Å². The Kier molecular flexibility index (Phi) is 5.21. The quantitative estimate of drug-likeness (QED) is 0.857. The highest BCUT2D eigenvalue weighted by Gasteiger charge is 2.38. The molecular formula is C18H23N3O4. The highest BCUT2D eigenvalue weighted by Crippen LogP contribution is 2.24. The summed E-state index contributed by atoms with van der Waals surface area (Å²) in [7, 11) is 1.59. The standard InChI is InChI=1S/C18H23N3O4/c1-25-14-7-5-13(6-8-14)20-17(23)15-3-2-10-21(15)18(24)12-4-9-16(22)19-11-12/h5-8,12,15H,2-4,9-11H2,1H3,(H,19,22)(H,20,23)/t12-,15-/m0/s1. The van der Waals surface area contributed by atoms with E-state index in [1.165, 1.54) is 0 Å². The van der Waals surface area contributed by atoms with Gasteiger partial charge in [-0.15, -0.1) is 0 Å². The Balaban J connectivity index is 1.62. The minimum atomic E-state index is -0.452. The zero-order valence-corrected chi connectivity index (χ0v) is 14.3. The van der Waals surface area contributed by atoms with Gasteiger partial charge in [0.2, 0.25) is 17.7 Å². The predicted molar refractivity (Wildman–Crippen MR) is 92.1 cm³/mol. The van der Waals surface area contributed by atoms with Crippen molar-refractivity contribution in [2.45, 2.75) is 31.7 Å². The van der Waals surface area contributed by atoms with Crippen LogP contribution >= 0.6 is 0 Å². The molecule has 2 saturated heterocycles. The van der Waals surface area contributed by atoms with E-state index in [4.69, 9.17) is 4.74 Å². The minimum absolute atomic E-state index is 0.0146. The van der Waals surface area contributed by atoms with Crippen LogP contribution in [-0.4, -0.2) is 48.9 Å². The fourth-order valence-corrected chi connectivity index (χ4v) is 3.38. The predicted octanol–water partition coefficient (Wildman–Crippen LogP) is 1.15. The van der Waals surface area contributed by atoms with Crippen LogP contribution in [0.4, 0.5) is 5.69 Å². The lowest BCUT2D eigenvalue weighted by Gasteiger charge is -2.30. The lowest BCUT2D eigenvalue weighted by atomic mass is 9.97. The summed E-state index contributed by atoms with van der Waals surface area (Å²) in [4.78, 5) is 38.3. The van der Waals surface area contributed by atoms with Crippen LogP contribution in [0.3, 0.4) is 0 Å². The van der Waals surface area contributed by atoms with Crippen molar-refractivity contribution < 1.29 is 19.1 Å². The van der Waals surface area contributed by atoms with Crippen LogP contribution in [0.2, 0.25) is 0 Å². The van der Waals surface area contributed by atoms with Crippen molar-refractivity contribution in [3.8, 4) is 5.75 Å². The molecule has 2 fully saturated rings. The molecule has 0 saturated carbocycles. The zero-order chi connectivity index (χ0) is 17.8. The number of rotatable bonds is 4. The SMILES string of the molecule is COc1ccc(NC(=O)[C@@H]2CCCN2C(=O)[C@H]2CCC(=O)NC2)cc1. The van der Waals surface area contributed by atoms with Crippen molar-refractivity contribution in [3.05, 3.63) is 24.3 Å². The summed E-state index contributed by atoms with van der Waals surface area (Å²) in [5, 5.41) is 5.60. The summed E-state index contributed by atoms with van der Waals surface area (Å²) in [6.07, 6.45) is 2.39. The second-order valence-electron chi connectivity index (χ2n) is 6.45. The molecule has 134 valence electrons. The molecule has 1 aromatic carbocycles. The molecule has 0 radical (unpaired) electrons. The zero-order valence-electron chi connectivity index (χ0n) is 14.3. The number of piperidine rings is 1. The maximum Gasteiger partial charge on any atom is 0.247 e. The molecule has 3 amide bonds. The monoisotopic (exact) mass is 345 g/mol. The van der Waals surface area contributed by atoms with Crippen molar-refractivity contribution in [2.24, 2.45) is 5.92 Å². The van der Waals surface area contributed by atoms with Gasteiger partial charge in [-0.1, -0.05) is 0 Å². The maximum atomic E-state index is 12.7. The number of ether oxygens (including phenoxy) is 1. The van der Waals surface area contributed by atoms with E-state index in [2.05, 4.69) is 10.6 Å². The van der Waals surface area contributed by atoms with E-state index in [9.17, 15) is 14.4 Å². The number of methoxy groups -OCH3 is 1. The van der Waals surface area contributed by atoms with Crippen LogP contribution in [0.1, 0.15) is 25.7 Å². The summed E-state index contributed by atoms with van der Waals surface area (Å²) >= 11 is 0. The molecule has 2 atom stereocenters. The first-order chi connectivity index (χ1) is 12.1. The van der Waals surface area contributed by atoms with Crippen LogP contribution in [0.5, 0.6) is 5.75 Å². The molecule has 2 aliphatic rings. The van der Waals surface area contributed by atoms with Gasteiger partial charge in [0, 0.05) is 25.2 Å². The minimum Gasteiger partial charge on any atom is -0.497 e. The Morgan fingerprint density at radius 3 is 2.64 bits per heavy atom. The van der Waals surface area contributed by atoms with E-state index in [1.54, 1.807) is 36.3 Å². The van der Waals surface area contributed by atoms with Gasteiger partial charge in [-0.25, -0.2) is 0 Å². The maximum absolute atomic E-state index is 12.7. The summed E-state index contributed by atoms with van der Waals surface area (Å²) in [5.41, 5.74) is 0.676. The third kappa shape index (κ3) is 3.92. The number of nitrogens with one attached hydrogen (secondary N) is 2. The van der Waals surface area contributed by atoms with Crippen LogP contribution in [-0.2, 0) is 14.4 Å². The second kappa shape index (κ2) is 7.55. The number of carbonyl (C=O) groups is 3. The number of carbonyl (C=O) groups excluding carboxylic acids is 3. The number of hydrogen-bond donors (Lipinski definition) is 2. The van der Waals surface area contributed by atoms with E-state index in [0.717, 1.165) is 12.2 Å². The van der Waals surface area contributed by atoms with Gasteiger partial charge in [-0.05, 0) is 43.5 Å². The van der Waals surface area contributed by atoms with E-state index < -0.39 is 6.04 Å². The van der Waals surface area contributed by atoms with Gasteiger partial charge < -0.3 is 20.3 Å². The smallest absolute Gasteiger partial charge is 0.247 e. The molecule has 2 aliphatic heterocycles. The molecule has 0 aliphatic carbocycles. The van der Waals surface area contributed by atoms with Crippen molar-refractivity contribution in [1.29, 1.82) is 0 Å². The van der Waals surface area contributed by atoms with Crippen LogP contribution in [0.25, 0.3) is 0 Å². The Bertz CT molecular complexity index is 649. The second-order valence-corrected chi connectivity index (χ2v) is 6.45. The first kappa shape index (κ1) is 17.3. The largest absolute Gasteiger partial charge is 0.497 e. The van der Waals surface area contributed by atoms with Crippen molar-refractivity contribution in [3.63, 3.8) is 0 Å². The molecule has 2 N–H and O–H groups in total. The van der Waals surface area contributed by atoms with Crippen molar-refractivity contribution >= 4 is 23.4 Å². The number of hydrogen-bond acceptors (Lipinski definition) is 4. The lowest BCUT2D eigenvalue weighted by Crippen LogP contribution is -2.49. The van der Waals surface area contributed by atoms with Crippen molar-refractivity contribution in [2.75, 3.05) is 25.5 Å². The van der Waals surface area contributed by atoms with Gasteiger partial charge >= 0.3 is 0 Å². The van der Waals surface area contributed by atoms with Gasteiger partial charge in [-0.2, -0.15) is 0 Å². The number of amides is 3. The fraction of sp³-hybridized carbons (Fsp3) is 0.500. The summed E-state index contributed by atoms with van der Waals surface area (Å²) < 4.78 is 5.10. The Labute approximate surface area is 146 Å². The Hall–Kier alpha value is -2.57.